The van der Waals surface area contributed by atoms with Crippen LogP contribution in [0.1, 0.15) is 20.3 Å². The number of halogens is 2. The molecule has 0 atom stereocenters. The Kier molecular flexibility index (Phi) is 2.86. The molecule has 94 valence electrons. The number of hydrogen-bond donors (Lipinski definition) is 2. The third kappa shape index (κ3) is 2.14. The van der Waals surface area contributed by atoms with Crippen LogP contribution in [0.5, 0.6) is 0 Å². The van der Waals surface area contributed by atoms with Crippen molar-refractivity contribution < 1.29 is 4.39 Å². The van der Waals surface area contributed by atoms with Crippen LogP contribution in [0, 0.1) is 11.2 Å². The molecule has 1 aliphatic rings. The Morgan fingerprint density at radius 2 is 2.00 bits per heavy atom. The third-order valence-electron chi connectivity index (χ3n) is 3.23. The van der Waals surface area contributed by atoms with Gasteiger partial charge in [-0.15, -0.1) is 0 Å². The first-order valence-electron chi connectivity index (χ1n) is 5.60. The van der Waals surface area contributed by atoms with E-state index in [1.165, 1.54) is 6.07 Å². The molecule has 0 spiro atoms. The SMILES string of the molecule is CC1(C)CCN(c2c(N)cc(N)c(Cl)c2F)C1. The molecule has 4 N–H and O–H groups in total. The van der Waals surface area contributed by atoms with Gasteiger partial charge in [0.2, 0.25) is 0 Å². The van der Waals surface area contributed by atoms with E-state index in [-0.39, 0.29) is 16.1 Å². The maximum absolute atomic E-state index is 14.1. The van der Waals surface area contributed by atoms with E-state index in [0.29, 0.717) is 11.4 Å². The van der Waals surface area contributed by atoms with Crippen LogP contribution in [0.25, 0.3) is 0 Å². The highest BCUT2D eigenvalue weighted by atomic mass is 35.5. The number of hydrogen-bond acceptors (Lipinski definition) is 3. The highest BCUT2D eigenvalue weighted by Gasteiger charge is 2.32. The number of nitrogens with zero attached hydrogens (tertiary/aromatic N) is 1. The summed E-state index contributed by atoms with van der Waals surface area (Å²) in [5.41, 5.74) is 12.5. The van der Waals surface area contributed by atoms with Crippen LogP contribution in [0.4, 0.5) is 21.5 Å². The van der Waals surface area contributed by atoms with Crippen LogP contribution < -0.4 is 16.4 Å². The van der Waals surface area contributed by atoms with E-state index >= 15 is 0 Å². The lowest BCUT2D eigenvalue weighted by Gasteiger charge is -2.24. The molecule has 0 radical (unpaired) electrons. The quantitative estimate of drug-likeness (QED) is 0.761. The maximum atomic E-state index is 14.1. The molecule has 2 rings (SSSR count). The molecule has 0 saturated carbocycles. The van der Waals surface area contributed by atoms with Crippen molar-refractivity contribution in [2.24, 2.45) is 5.41 Å². The van der Waals surface area contributed by atoms with Crippen molar-refractivity contribution >= 4 is 28.7 Å². The van der Waals surface area contributed by atoms with Crippen molar-refractivity contribution in [1.29, 1.82) is 0 Å². The molecule has 0 amide bonds. The fraction of sp³-hybridized carbons (Fsp3) is 0.500. The third-order valence-corrected chi connectivity index (χ3v) is 3.62. The first-order valence-corrected chi connectivity index (χ1v) is 5.97. The minimum Gasteiger partial charge on any atom is -0.397 e. The summed E-state index contributed by atoms with van der Waals surface area (Å²) in [5, 5.41) is -0.0427. The van der Waals surface area contributed by atoms with Crippen LogP contribution >= 0.6 is 11.6 Å². The molecule has 0 unspecified atom stereocenters. The highest BCUT2D eigenvalue weighted by Crippen LogP contribution is 2.40. The second-order valence-electron chi connectivity index (χ2n) is 5.37. The van der Waals surface area contributed by atoms with Gasteiger partial charge in [-0.3, -0.25) is 0 Å². The molecule has 5 heteroatoms. The van der Waals surface area contributed by atoms with E-state index in [1.54, 1.807) is 0 Å². The Bertz CT molecular complexity index is 460. The summed E-state index contributed by atoms with van der Waals surface area (Å²) in [6.07, 6.45) is 1.01. The number of rotatable bonds is 1. The van der Waals surface area contributed by atoms with Crippen LogP contribution in [-0.4, -0.2) is 13.1 Å². The zero-order valence-electron chi connectivity index (χ0n) is 10.1. The molecule has 1 saturated heterocycles. The van der Waals surface area contributed by atoms with E-state index in [9.17, 15) is 4.39 Å². The van der Waals surface area contributed by atoms with E-state index in [1.807, 2.05) is 4.90 Å². The van der Waals surface area contributed by atoms with Gasteiger partial charge in [-0.05, 0) is 17.9 Å². The van der Waals surface area contributed by atoms with Gasteiger partial charge in [0, 0.05) is 13.1 Å². The molecular formula is C12H17ClFN3. The fourth-order valence-corrected chi connectivity index (χ4v) is 2.43. The number of anilines is 3. The summed E-state index contributed by atoms with van der Waals surface area (Å²) in [4.78, 5) is 1.94. The molecule has 0 bridgehead atoms. The smallest absolute Gasteiger partial charge is 0.169 e. The molecule has 1 aromatic carbocycles. The van der Waals surface area contributed by atoms with Gasteiger partial charge in [0.1, 0.15) is 5.02 Å². The monoisotopic (exact) mass is 257 g/mol. The topological polar surface area (TPSA) is 55.3 Å². The van der Waals surface area contributed by atoms with Crippen molar-refractivity contribution in [2.45, 2.75) is 20.3 Å². The van der Waals surface area contributed by atoms with E-state index in [2.05, 4.69) is 13.8 Å². The molecular weight excluding hydrogens is 241 g/mol. The lowest BCUT2D eigenvalue weighted by molar-refractivity contribution is 0.418. The summed E-state index contributed by atoms with van der Waals surface area (Å²) < 4.78 is 14.1. The highest BCUT2D eigenvalue weighted by molar-refractivity contribution is 6.33. The summed E-state index contributed by atoms with van der Waals surface area (Å²) >= 11 is 5.82. The predicted molar refractivity (Wildman–Crippen MR) is 70.8 cm³/mol. The van der Waals surface area contributed by atoms with Crippen LogP contribution in [0.3, 0.4) is 0 Å². The molecule has 0 aliphatic carbocycles. The second kappa shape index (κ2) is 3.95. The minimum absolute atomic E-state index is 0.0427. The van der Waals surface area contributed by atoms with E-state index in [0.717, 1.165) is 19.5 Å². The van der Waals surface area contributed by atoms with Gasteiger partial charge < -0.3 is 16.4 Å². The average Bonchev–Trinajstić information content (AvgIpc) is 2.55. The van der Waals surface area contributed by atoms with Gasteiger partial charge in [-0.25, -0.2) is 4.39 Å². The van der Waals surface area contributed by atoms with Crippen LogP contribution in [0.15, 0.2) is 6.07 Å². The standard InChI is InChI=1S/C12H17ClFN3/c1-12(2)3-4-17(6-12)11-8(16)5-7(15)9(13)10(11)14/h5H,3-4,6,15-16H2,1-2H3. The summed E-state index contributed by atoms with van der Waals surface area (Å²) in [6.45, 7) is 5.86. The lowest BCUT2D eigenvalue weighted by atomic mass is 9.93. The molecule has 0 aromatic heterocycles. The van der Waals surface area contributed by atoms with Crippen molar-refractivity contribution in [2.75, 3.05) is 29.5 Å². The average molecular weight is 258 g/mol. The van der Waals surface area contributed by atoms with Gasteiger partial charge in [0.15, 0.2) is 5.82 Å². The Morgan fingerprint density at radius 3 is 2.53 bits per heavy atom. The normalized spacial score (nSPS) is 18.7. The fourth-order valence-electron chi connectivity index (χ4n) is 2.28. The van der Waals surface area contributed by atoms with Crippen molar-refractivity contribution in [3.8, 4) is 0 Å². The van der Waals surface area contributed by atoms with Crippen molar-refractivity contribution in [3.63, 3.8) is 0 Å². The lowest BCUT2D eigenvalue weighted by Crippen LogP contribution is -2.24. The largest absolute Gasteiger partial charge is 0.397 e. The molecule has 1 aliphatic heterocycles. The second-order valence-corrected chi connectivity index (χ2v) is 5.75. The molecule has 1 fully saturated rings. The Hall–Kier alpha value is -1.16. The Labute approximate surface area is 106 Å². The van der Waals surface area contributed by atoms with Crippen molar-refractivity contribution in [1.82, 2.24) is 0 Å². The molecule has 1 heterocycles. The number of benzene rings is 1. The van der Waals surface area contributed by atoms with Crippen molar-refractivity contribution in [3.05, 3.63) is 16.9 Å². The van der Waals surface area contributed by atoms with E-state index in [4.69, 9.17) is 23.1 Å². The molecule has 3 nitrogen and oxygen atoms in total. The number of nitrogens with two attached hydrogens (primary N) is 2. The van der Waals surface area contributed by atoms with Crippen LogP contribution in [0.2, 0.25) is 5.02 Å². The summed E-state index contributed by atoms with van der Waals surface area (Å²) in [6, 6.07) is 1.52. The number of nitrogen functional groups attached to an aromatic ring is 2. The minimum atomic E-state index is -0.512. The van der Waals surface area contributed by atoms with Gasteiger partial charge in [0.25, 0.3) is 0 Å². The van der Waals surface area contributed by atoms with Gasteiger partial charge in [-0.1, -0.05) is 25.4 Å². The predicted octanol–water partition coefficient (Wildman–Crippen LogP) is 2.88. The first-order chi connectivity index (χ1) is 7.82. The molecule has 17 heavy (non-hydrogen) atoms. The molecule has 1 aromatic rings. The zero-order chi connectivity index (χ0) is 12.8. The van der Waals surface area contributed by atoms with E-state index < -0.39 is 5.82 Å². The summed E-state index contributed by atoms with van der Waals surface area (Å²) in [5.74, 6) is -0.512. The Balaban J connectivity index is 2.43. The van der Waals surface area contributed by atoms with Gasteiger partial charge in [0.05, 0.1) is 17.1 Å². The maximum Gasteiger partial charge on any atom is 0.169 e. The van der Waals surface area contributed by atoms with Crippen LogP contribution in [-0.2, 0) is 0 Å². The Morgan fingerprint density at radius 1 is 1.35 bits per heavy atom. The summed E-state index contributed by atoms with van der Waals surface area (Å²) in [7, 11) is 0. The first kappa shape index (κ1) is 12.3. The van der Waals surface area contributed by atoms with Gasteiger partial charge >= 0.3 is 0 Å². The van der Waals surface area contributed by atoms with Gasteiger partial charge in [-0.2, -0.15) is 0 Å². The zero-order valence-corrected chi connectivity index (χ0v) is 10.8.